The molecule has 2 aromatic rings. The van der Waals surface area contributed by atoms with Gasteiger partial charge in [-0.3, -0.25) is 4.79 Å². The summed E-state index contributed by atoms with van der Waals surface area (Å²) in [5, 5.41) is 2.84. The molecule has 1 amide bonds. The second-order valence-electron chi connectivity index (χ2n) is 4.74. The predicted octanol–water partition coefficient (Wildman–Crippen LogP) is 2.71. The number of hydrogen-bond acceptors (Lipinski definition) is 3. The summed E-state index contributed by atoms with van der Waals surface area (Å²) in [5.74, 6) is -0.589. The van der Waals surface area contributed by atoms with Gasteiger partial charge >= 0.3 is 5.97 Å². The third-order valence-electron chi connectivity index (χ3n) is 3.14. The Labute approximate surface area is 123 Å². The zero-order chi connectivity index (χ0) is 15.2. The minimum absolute atomic E-state index is 0.174. The maximum Gasteiger partial charge on any atom is 0.337 e. The number of esters is 1. The lowest BCUT2D eigenvalue weighted by Crippen LogP contribution is -2.22. The van der Waals surface area contributed by atoms with Crippen molar-refractivity contribution in [3.8, 4) is 0 Å². The number of ether oxygens (including phenoxy) is 1. The molecular weight excluding hydrogens is 266 g/mol. The number of methoxy groups -OCH3 is 1. The molecule has 0 aliphatic rings. The van der Waals surface area contributed by atoms with E-state index in [1.807, 2.05) is 31.2 Å². The van der Waals surface area contributed by atoms with E-state index >= 15 is 0 Å². The average molecular weight is 283 g/mol. The fraction of sp³-hybridized carbons (Fsp3) is 0.176. The zero-order valence-electron chi connectivity index (χ0n) is 12.1. The van der Waals surface area contributed by atoms with Crippen LogP contribution in [-0.2, 0) is 11.3 Å². The lowest BCUT2D eigenvalue weighted by atomic mass is 10.1. The number of hydrogen-bond donors (Lipinski definition) is 1. The first-order chi connectivity index (χ1) is 10.1. The van der Waals surface area contributed by atoms with Crippen LogP contribution in [0.3, 0.4) is 0 Å². The summed E-state index contributed by atoms with van der Waals surface area (Å²) in [4.78, 5) is 23.3. The number of aryl methyl sites for hydroxylation is 1. The molecule has 108 valence electrons. The predicted molar refractivity (Wildman–Crippen MR) is 80.1 cm³/mol. The Morgan fingerprint density at radius 3 is 2.10 bits per heavy atom. The number of benzene rings is 2. The minimum atomic E-state index is -0.415. The molecule has 4 heteroatoms. The maximum absolute atomic E-state index is 12.0. The van der Waals surface area contributed by atoms with Crippen molar-refractivity contribution in [2.24, 2.45) is 0 Å². The normalized spacial score (nSPS) is 10.0. The zero-order valence-corrected chi connectivity index (χ0v) is 12.1. The lowest BCUT2D eigenvalue weighted by molar-refractivity contribution is 0.0600. The Balaban J connectivity index is 1.97. The first kappa shape index (κ1) is 14.8. The molecule has 21 heavy (non-hydrogen) atoms. The van der Waals surface area contributed by atoms with Crippen LogP contribution in [-0.4, -0.2) is 19.0 Å². The summed E-state index contributed by atoms with van der Waals surface area (Å²) in [6.45, 7) is 2.49. The second-order valence-corrected chi connectivity index (χ2v) is 4.74. The molecule has 0 aromatic heterocycles. The van der Waals surface area contributed by atoms with Gasteiger partial charge in [-0.15, -0.1) is 0 Å². The SMILES string of the molecule is COC(=O)c1ccc(C(=O)NCc2ccc(C)cc2)cc1. The second kappa shape index (κ2) is 6.70. The minimum Gasteiger partial charge on any atom is -0.465 e. The van der Waals surface area contributed by atoms with Crippen LogP contribution in [0.2, 0.25) is 0 Å². The van der Waals surface area contributed by atoms with Crippen molar-refractivity contribution in [2.45, 2.75) is 13.5 Å². The first-order valence-corrected chi connectivity index (χ1v) is 6.62. The number of carbonyl (C=O) groups is 2. The largest absolute Gasteiger partial charge is 0.465 e. The van der Waals surface area contributed by atoms with Gasteiger partial charge in [0.05, 0.1) is 12.7 Å². The highest BCUT2D eigenvalue weighted by Crippen LogP contribution is 2.07. The molecule has 0 saturated heterocycles. The van der Waals surface area contributed by atoms with Crippen LogP contribution in [0, 0.1) is 6.92 Å². The molecule has 0 spiro atoms. The summed E-state index contributed by atoms with van der Waals surface area (Å²) in [6, 6.07) is 14.3. The average Bonchev–Trinajstić information content (AvgIpc) is 2.53. The van der Waals surface area contributed by atoms with Crippen molar-refractivity contribution in [2.75, 3.05) is 7.11 Å². The monoisotopic (exact) mass is 283 g/mol. The molecule has 2 rings (SSSR count). The van der Waals surface area contributed by atoms with Gasteiger partial charge in [-0.25, -0.2) is 4.79 Å². The van der Waals surface area contributed by atoms with Crippen molar-refractivity contribution in [3.05, 3.63) is 70.8 Å². The molecule has 0 radical (unpaired) electrons. The molecule has 0 saturated carbocycles. The van der Waals surface area contributed by atoms with Crippen LogP contribution >= 0.6 is 0 Å². The van der Waals surface area contributed by atoms with Gasteiger partial charge in [0.2, 0.25) is 0 Å². The van der Waals surface area contributed by atoms with Gasteiger partial charge in [0.1, 0.15) is 0 Å². The van der Waals surface area contributed by atoms with Crippen molar-refractivity contribution >= 4 is 11.9 Å². The van der Waals surface area contributed by atoms with E-state index in [0.29, 0.717) is 17.7 Å². The fourth-order valence-corrected chi connectivity index (χ4v) is 1.87. The van der Waals surface area contributed by atoms with Gasteiger partial charge in [-0.2, -0.15) is 0 Å². The number of amides is 1. The van der Waals surface area contributed by atoms with Gasteiger partial charge in [0.15, 0.2) is 0 Å². The van der Waals surface area contributed by atoms with Gasteiger partial charge < -0.3 is 10.1 Å². The quantitative estimate of drug-likeness (QED) is 0.878. The molecule has 0 unspecified atom stereocenters. The fourth-order valence-electron chi connectivity index (χ4n) is 1.87. The molecule has 0 atom stereocenters. The molecule has 0 heterocycles. The van der Waals surface area contributed by atoms with E-state index in [4.69, 9.17) is 0 Å². The Bertz CT molecular complexity index is 630. The summed E-state index contributed by atoms with van der Waals surface area (Å²) in [7, 11) is 1.32. The summed E-state index contributed by atoms with van der Waals surface area (Å²) in [5.41, 5.74) is 3.16. The van der Waals surface area contributed by atoms with Crippen molar-refractivity contribution in [1.29, 1.82) is 0 Å². The van der Waals surface area contributed by atoms with E-state index in [-0.39, 0.29) is 5.91 Å². The van der Waals surface area contributed by atoms with Crippen molar-refractivity contribution in [3.63, 3.8) is 0 Å². The van der Waals surface area contributed by atoms with Crippen LogP contribution in [0.4, 0.5) is 0 Å². The third kappa shape index (κ3) is 3.92. The highest BCUT2D eigenvalue weighted by atomic mass is 16.5. The Kier molecular flexibility index (Phi) is 4.72. The molecule has 2 aromatic carbocycles. The van der Waals surface area contributed by atoms with Crippen LogP contribution in [0.1, 0.15) is 31.8 Å². The molecule has 0 fully saturated rings. The van der Waals surface area contributed by atoms with E-state index < -0.39 is 5.97 Å². The number of nitrogens with one attached hydrogen (secondary N) is 1. The van der Waals surface area contributed by atoms with Crippen molar-refractivity contribution in [1.82, 2.24) is 5.32 Å². The van der Waals surface area contributed by atoms with E-state index in [0.717, 1.165) is 5.56 Å². The molecule has 4 nitrogen and oxygen atoms in total. The molecular formula is C17H17NO3. The van der Waals surface area contributed by atoms with Crippen LogP contribution in [0.25, 0.3) is 0 Å². The smallest absolute Gasteiger partial charge is 0.337 e. The Morgan fingerprint density at radius 2 is 1.52 bits per heavy atom. The summed E-state index contributed by atoms with van der Waals surface area (Å²) < 4.78 is 4.61. The molecule has 0 aliphatic heterocycles. The maximum atomic E-state index is 12.0. The third-order valence-corrected chi connectivity index (χ3v) is 3.14. The summed E-state index contributed by atoms with van der Waals surface area (Å²) in [6.07, 6.45) is 0. The van der Waals surface area contributed by atoms with Crippen molar-refractivity contribution < 1.29 is 14.3 Å². The van der Waals surface area contributed by atoms with E-state index in [1.165, 1.54) is 12.7 Å². The van der Waals surface area contributed by atoms with Gasteiger partial charge in [-0.1, -0.05) is 29.8 Å². The lowest BCUT2D eigenvalue weighted by Gasteiger charge is -2.06. The molecule has 0 aliphatic carbocycles. The van der Waals surface area contributed by atoms with Gasteiger partial charge in [0.25, 0.3) is 5.91 Å². The van der Waals surface area contributed by atoms with Gasteiger partial charge in [-0.05, 0) is 36.8 Å². The van der Waals surface area contributed by atoms with E-state index in [1.54, 1.807) is 24.3 Å². The number of rotatable bonds is 4. The Morgan fingerprint density at radius 1 is 0.952 bits per heavy atom. The topological polar surface area (TPSA) is 55.4 Å². The first-order valence-electron chi connectivity index (χ1n) is 6.62. The standard InChI is InChI=1S/C17H17NO3/c1-12-3-5-13(6-4-12)11-18-16(19)14-7-9-15(10-8-14)17(20)21-2/h3-10H,11H2,1-2H3,(H,18,19). The van der Waals surface area contributed by atoms with Crippen LogP contribution in [0.5, 0.6) is 0 Å². The molecule has 0 bridgehead atoms. The summed E-state index contributed by atoms with van der Waals surface area (Å²) >= 11 is 0. The van der Waals surface area contributed by atoms with Crippen LogP contribution in [0.15, 0.2) is 48.5 Å². The van der Waals surface area contributed by atoms with Gasteiger partial charge in [0, 0.05) is 12.1 Å². The molecule has 1 N–H and O–H groups in total. The van der Waals surface area contributed by atoms with Crippen LogP contribution < -0.4 is 5.32 Å². The van der Waals surface area contributed by atoms with E-state index in [2.05, 4.69) is 10.1 Å². The Hall–Kier alpha value is -2.62. The number of carbonyl (C=O) groups excluding carboxylic acids is 2. The van der Waals surface area contributed by atoms with E-state index in [9.17, 15) is 9.59 Å². The highest BCUT2D eigenvalue weighted by molar-refractivity contribution is 5.96. The highest BCUT2D eigenvalue weighted by Gasteiger charge is 2.08.